The van der Waals surface area contributed by atoms with E-state index in [1.807, 2.05) is 31.5 Å². The molecule has 0 aromatic carbocycles. The highest BCUT2D eigenvalue weighted by Crippen LogP contribution is 2.18. The quantitative estimate of drug-likeness (QED) is 0.799. The van der Waals surface area contributed by atoms with Crippen LogP contribution in [-0.4, -0.2) is 55.9 Å². The van der Waals surface area contributed by atoms with E-state index in [9.17, 15) is 9.59 Å². The summed E-state index contributed by atoms with van der Waals surface area (Å²) in [6.45, 7) is 9.13. The summed E-state index contributed by atoms with van der Waals surface area (Å²) in [5.41, 5.74) is 3.20. The lowest BCUT2D eigenvalue weighted by atomic mass is 9.98. The van der Waals surface area contributed by atoms with Gasteiger partial charge in [-0.15, -0.1) is 0 Å². The number of hydrogen-bond acceptors (Lipinski definition) is 6. The minimum atomic E-state index is -0.168. The number of hydrogen-bond donors (Lipinski definition) is 1. The van der Waals surface area contributed by atoms with Gasteiger partial charge in [-0.1, -0.05) is 10.3 Å². The molecule has 1 unspecified atom stereocenters. The molecule has 0 bridgehead atoms. The van der Waals surface area contributed by atoms with Crippen molar-refractivity contribution in [3.8, 4) is 0 Å². The smallest absolute Gasteiger partial charge is 0.228 e. The summed E-state index contributed by atoms with van der Waals surface area (Å²) in [5.74, 6) is -0.260. The lowest BCUT2D eigenvalue weighted by Gasteiger charge is -2.38. The van der Waals surface area contributed by atoms with E-state index in [-0.39, 0.29) is 30.2 Å². The van der Waals surface area contributed by atoms with E-state index in [2.05, 4.69) is 25.4 Å². The Kier molecular flexibility index (Phi) is 5.06. The molecule has 140 valence electrons. The van der Waals surface area contributed by atoms with Crippen molar-refractivity contribution in [2.24, 2.45) is 5.92 Å². The summed E-state index contributed by atoms with van der Waals surface area (Å²) >= 11 is 0. The summed E-state index contributed by atoms with van der Waals surface area (Å²) in [7, 11) is 0. The number of amides is 2. The summed E-state index contributed by atoms with van der Waals surface area (Å²) in [6, 6.07) is 1.98. The molecular weight excluding hydrogens is 336 g/mol. The summed E-state index contributed by atoms with van der Waals surface area (Å²) in [4.78, 5) is 26.2. The SMILES string of the molecule is Cc1cc(C)n(CC(C)NC(=O)C2CN(C(=O)Cc3nonc3C)C2)n1. The molecule has 1 aliphatic heterocycles. The Hall–Kier alpha value is -2.71. The van der Waals surface area contributed by atoms with Crippen LogP contribution in [0.4, 0.5) is 0 Å². The molecule has 1 atom stereocenters. The lowest BCUT2D eigenvalue weighted by molar-refractivity contribution is -0.142. The molecule has 1 saturated heterocycles. The van der Waals surface area contributed by atoms with Gasteiger partial charge in [-0.2, -0.15) is 5.10 Å². The largest absolute Gasteiger partial charge is 0.351 e. The van der Waals surface area contributed by atoms with Crippen LogP contribution in [-0.2, 0) is 22.6 Å². The molecule has 1 aliphatic rings. The van der Waals surface area contributed by atoms with E-state index in [1.165, 1.54) is 0 Å². The number of nitrogens with zero attached hydrogens (tertiary/aromatic N) is 5. The first-order valence-electron chi connectivity index (χ1n) is 8.70. The number of likely N-dealkylation sites (tertiary alicyclic amines) is 1. The van der Waals surface area contributed by atoms with Crippen LogP contribution in [0.5, 0.6) is 0 Å². The van der Waals surface area contributed by atoms with Crippen molar-refractivity contribution in [3.05, 3.63) is 28.8 Å². The molecule has 1 N–H and O–H groups in total. The van der Waals surface area contributed by atoms with Crippen molar-refractivity contribution in [3.63, 3.8) is 0 Å². The zero-order valence-corrected chi connectivity index (χ0v) is 15.5. The maximum absolute atomic E-state index is 12.3. The van der Waals surface area contributed by atoms with Crippen molar-refractivity contribution >= 4 is 11.8 Å². The van der Waals surface area contributed by atoms with Gasteiger partial charge >= 0.3 is 0 Å². The molecule has 26 heavy (non-hydrogen) atoms. The summed E-state index contributed by atoms with van der Waals surface area (Å²) in [6.07, 6.45) is 0.151. The van der Waals surface area contributed by atoms with Crippen molar-refractivity contribution in [1.82, 2.24) is 30.3 Å². The van der Waals surface area contributed by atoms with Gasteiger partial charge in [0.2, 0.25) is 11.8 Å². The minimum Gasteiger partial charge on any atom is -0.351 e. The average molecular weight is 360 g/mol. The van der Waals surface area contributed by atoms with Gasteiger partial charge in [-0.05, 0) is 33.8 Å². The van der Waals surface area contributed by atoms with Crippen LogP contribution in [0.2, 0.25) is 0 Å². The third-order valence-corrected chi connectivity index (χ3v) is 4.61. The lowest BCUT2D eigenvalue weighted by Crippen LogP contribution is -2.57. The zero-order valence-electron chi connectivity index (χ0n) is 15.5. The second-order valence-corrected chi connectivity index (χ2v) is 6.99. The highest BCUT2D eigenvalue weighted by molar-refractivity contribution is 5.85. The molecule has 1 fully saturated rings. The van der Waals surface area contributed by atoms with Crippen LogP contribution in [0, 0.1) is 26.7 Å². The van der Waals surface area contributed by atoms with Gasteiger partial charge in [0, 0.05) is 24.8 Å². The standard InChI is InChI=1S/C17H24N6O3/c1-10-5-12(3)23(19-10)7-11(2)18-17(25)14-8-22(9-14)16(24)6-15-13(4)20-26-21-15/h5,11,14H,6-9H2,1-4H3,(H,18,25). The van der Waals surface area contributed by atoms with Gasteiger partial charge in [0.25, 0.3) is 0 Å². The van der Waals surface area contributed by atoms with E-state index in [0.29, 0.717) is 31.0 Å². The molecule has 3 rings (SSSR count). The number of aryl methyl sites for hydroxylation is 3. The second kappa shape index (κ2) is 7.27. The Morgan fingerprint density at radius 2 is 2.04 bits per heavy atom. The Bertz CT molecular complexity index is 805. The number of aromatic nitrogens is 4. The van der Waals surface area contributed by atoms with Gasteiger partial charge in [0.1, 0.15) is 11.4 Å². The monoisotopic (exact) mass is 360 g/mol. The normalized spacial score (nSPS) is 15.6. The Morgan fingerprint density at radius 1 is 1.31 bits per heavy atom. The second-order valence-electron chi connectivity index (χ2n) is 6.99. The van der Waals surface area contributed by atoms with E-state index >= 15 is 0 Å². The van der Waals surface area contributed by atoms with Gasteiger partial charge in [-0.3, -0.25) is 14.3 Å². The molecule has 0 aliphatic carbocycles. The number of carbonyl (C=O) groups is 2. The molecule has 2 aromatic heterocycles. The molecule has 0 radical (unpaired) electrons. The highest BCUT2D eigenvalue weighted by Gasteiger charge is 2.36. The summed E-state index contributed by atoms with van der Waals surface area (Å²) < 4.78 is 6.49. The van der Waals surface area contributed by atoms with E-state index < -0.39 is 0 Å². The fraction of sp³-hybridized carbons (Fsp3) is 0.588. The molecule has 0 spiro atoms. The van der Waals surface area contributed by atoms with Crippen molar-refractivity contribution in [2.45, 2.75) is 46.7 Å². The zero-order chi connectivity index (χ0) is 18.8. The third-order valence-electron chi connectivity index (χ3n) is 4.61. The number of nitrogens with one attached hydrogen (secondary N) is 1. The fourth-order valence-corrected chi connectivity index (χ4v) is 3.04. The van der Waals surface area contributed by atoms with Crippen LogP contribution in [0.1, 0.15) is 29.7 Å². The van der Waals surface area contributed by atoms with Gasteiger partial charge in [0.15, 0.2) is 0 Å². The van der Waals surface area contributed by atoms with Crippen molar-refractivity contribution in [1.29, 1.82) is 0 Å². The van der Waals surface area contributed by atoms with E-state index in [1.54, 1.807) is 11.8 Å². The number of carbonyl (C=O) groups excluding carboxylic acids is 2. The topological polar surface area (TPSA) is 106 Å². The van der Waals surface area contributed by atoms with Crippen molar-refractivity contribution in [2.75, 3.05) is 13.1 Å². The van der Waals surface area contributed by atoms with Gasteiger partial charge in [-0.25, -0.2) is 4.63 Å². The summed E-state index contributed by atoms with van der Waals surface area (Å²) in [5, 5.41) is 14.8. The molecule has 3 heterocycles. The van der Waals surface area contributed by atoms with Gasteiger partial charge < -0.3 is 10.2 Å². The van der Waals surface area contributed by atoms with Gasteiger partial charge in [0.05, 0.1) is 24.6 Å². The van der Waals surface area contributed by atoms with Crippen LogP contribution in [0.3, 0.4) is 0 Å². The average Bonchev–Trinajstić information content (AvgIpc) is 3.03. The van der Waals surface area contributed by atoms with Crippen LogP contribution < -0.4 is 5.32 Å². The predicted octanol–water partition coefficient (Wildman–Crippen LogP) is 0.397. The van der Waals surface area contributed by atoms with Crippen molar-refractivity contribution < 1.29 is 14.2 Å². The first-order valence-corrected chi connectivity index (χ1v) is 8.70. The molecule has 2 amide bonds. The Morgan fingerprint density at radius 3 is 2.62 bits per heavy atom. The van der Waals surface area contributed by atoms with Crippen LogP contribution >= 0.6 is 0 Å². The molecule has 0 saturated carbocycles. The molecule has 2 aromatic rings. The van der Waals surface area contributed by atoms with Crippen LogP contribution in [0.25, 0.3) is 0 Å². The first kappa shape index (κ1) is 18.1. The third kappa shape index (κ3) is 3.92. The predicted molar refractivity (Wildman–Crippen MR) is 92.1 cm³/mol. The Balaban J connectivity index is 1.43. The fourth-order valence-electron chi connectivity index (χ4n) is 3.04. The molecule has 9 nitrogen and oxygen atoms in total. The highest BCUT2D eigenvalue weighted by atomic mass is 16.6. The van der Waals surface area contributed by atoms with E-state index in [0.717, 1.165) is 11.4 Å². The maximum Gasteiger partial charge on any atom is 0.228 e. The van der Waals surface area contributed by atoms with E-state index in [4.69, 9.17) is 0 Å². The maximum atomic E-state index is 12.3. The molecule has 9 heteroatoms. The molecular formula is C17H24N6O3. The minimum absolute atomic E-state index is 0.0256. The first-order chi connectivity index (χ1) is 12.3. The number of rotatable bonds is 6. The van der Waals surface area contributed by atoms with Crippen LogP contribution in [0.15, 0.2) is 10.7 Å². The Labute approximate surface area is 151 Å².